The Balaban J connectivity index is 1.43. The molecule has 0 unspecified atom stereocenters. The standard InChI is InChI=1S/C23H35N5O2/c1-2-24-23(25-13-8-15-27-14-7-3-4-11-21(27)29)26-17-22(30)28-16-12-19-9-5-6-10-20(19)18-28/h5-6,9-10H,2-4,7-8,11-18H2,1H3,(H2,24,25,26). The van der Waals surface area contributed by atoms with Gasteiger partial charge in [0.15, 0.2) is 5.96 Å². The van der Waals surface area contributed by atoms with Gasteiger partial charge in [-0.3, -0.25) is 9.59 Å². The zero-order valence-electron chi connectivity index (χ0n) is 18.2. The van der Waals surface area contributed by atoms with Crippen molar-refractivity contribution in [1.82, 2.24) is 20.4 Å². The van der Waals surface area contributed by atoms with Gasteiger partial charge in [-0.25, -0.2) is 4.99 Å². The molecule has 0 aliphatic carbocycles. The molecule has 1 saturated heterocycles. The van der Waals surface area contributed by atoms with Gasteiger partial charge >= 0.3 is 0 Å². The SMILES string of the molecule is CCNC(=NCC(=O)N1CCc2ccccc2C1)NCCCN1CCCCCC1=O. The first kappa shape index (κ1) is 22.1. The van der Waals surface area contributed by atoms with E-state index in [-0.39, 0.29) is 18.4 Å². The number of fused-ring (bicyclic) bond motifs is 1. The normalized spacial score (nSPS) is 17.4. The lowest BCUT2D eigenvalue weighted by molar-refractivity contribution is -0.131. The second-order valence-corrected chi connectivity index (χ2v) is 8.00. The molecule has 1 aromatic rings. The van der Waals surface area contributed by atoms with Gasteiger partial charge in [-0.05, 0) is 43.7 Å². The van der Waals surface area contributed by atoms with E-state index in [2.05, 4.69) is 33.8 Å². The fraction of sp³-hybridized carbons (Fsp3) is 0.609. The number of nitrogens with zero attached hydrogens (tertiary/aromatic N) is 3. The number of likely N-dealkylation sites (tertiary alicyclic amines) is 1. The maximum atomic E-state index is 12.6. The minimum atomic E-state index is 0.0527. The van der Waals surface area contributed by atoms with E-state index in [9.17, 15) is 9.59 Å². The van der Waals surface area contributed by atoms with Crippen LogP contribution in [0.15, 0.2) is 29.3 Å². The van der Waals surface area contributed by atoms with Crippen LogP contribution in [-0.4, -0.2) is 66.8 Å². The summed E-state index contributed by atoms with van der Waals surface area (Å²) in [6, 6.07) is 8.31. The first-order valence-electron chi connectivity index (χ1n) is 11.3. The average molecular weight is 414 g/mol. The highest BCUT2D eigenvalue weighted by atomic mass is 16.2. The van der Waals surface area contributed by atoms with Gasteiger partial charge in [0.25, 0.3) is 0 Å². The van der Waals surface area contributed by atoms with Crippen LogP contribution in [0.5, 0.6) is 0 Å². The van der Waals surface area contributed by atoms with E-state index < -0.39 is 0 Å². The predicted octanol–water partition coefficient (Wildman–Crippen LogP) is 1.92. The van der Waals surface area contributed by atoms with Crippen molar-refractivity contribution >= 4 is 17.8 Å². The fourth-order valence-electron chi connectivity index (χ4n) is 4.05. The number of benzene rings is 1. The maximum Gasteiger partial charge on any atom is 0.244 e. The Morgan fingerprint density at radius 1 is 1.07 bits per heavy atom. The fourth-order valence-corrected chi connectivity index (χ4v) is 4.05. The smallest absolute Gasteiger partial charge is 0.244 e. The van der Waals surface area contributed by atoms with Crippen molar-refractivity contribution < 1.29 is 9.59 Å². The number of aliphatic imine (C=N–C) groups is 1. The Morgan fingerprint density at radius 3 is 2.73 bits per heavy atom. The van der Waals surface area contributed by atoms with Crippen molar-refractivity contribution in [2.75, 3.05) is 39.3 Å². The van der Waals surface area contributed by atoms with Crippen LogP contribution in [-0.2, 0) is 22.6 Å². The Labute approximate surface area is 179 Å². The van der Waals surface area contributed by atoms with Crippen LogP contribution in [0.1, 0.15) is 50.2 Å². The van der Waals surface area contributed by atoms with Gasteiger partial charge in [0.2, 0.25) is 11.8 Å². The van der Waals surface area contributed by atoms with Crippen LogP contribution in [0.3, 0.4) is 0 Å². The highest BCUT2D eigenvalue weighted by Crippen LogP contribution is 2.18. The topological polar surface area (TPSA) is 77.0 Å². The molecular weight excluding hydrogens is 378 g/mol. The van der Waals surface area contributed by atoms with Gasteiger partial charge < -0.3 is 20.4 Å². The summed E-state index contributed by atoms with van der Waals surface area (Å²) in [5, 5.41) is 6.50. The van der Waals surface area contributed by atoms with E-state index in [1.54, 1.807) is 0 Å². The number of carbonyl (C=O) groups is 2. The zero-order valence-corrected chi connectivity index (χ0v) is 18.2. The quantitative estimate of drug-likeness (QED) is 0.407. The van der Waals surface area contributed by atoms with Gasteiger partial charge in [-0.15, -0.1) is 0 Å². The summed E-state index contributed by atoms with van der Waals surface area (Å²) in [7, 11) is 0. The summed E-state index contributed by atoms with van der Waals surface area (Å²) in [6.45, 7) is 6.68. The van der Waals surface area contributed by atoms with Crippen molar-refractivity contribution in [3.8, 4) is 0 Å². The third-order valence-corrected chi connectivity index (χ3v) is 5.77. The molecule has 2 N–H and O–H groups in total. The molecule has 164 valence electrons. The lowest BCUT2D eigenvalue weighted by Gasteiger charge is -2.28. The number of guanidine groups is 1. The zero-order chi connectivity index (χ0) is 21.2. The molecule has 1 aromatic carbocycles. The average Bonchev–Trinajstić information content (AvgIpc) is 2.98. The third kappa shape index (κ3) is 6.47. The highest BCUT2D eigenvalue weighted by Gasteiger charge is 2.20. The molecule has 7 nitrogen and oxygen atoms in total. The lowest BCUT2D eigenvalue weighted by Crippen LogP contribution is -2.41. The predicted molar refractivity (Wildman–Crippen MR) is 119 cm³/mol. The molecule has 2 heterocycles. The monoisotopic (exact) mass is 413 g/mol. The minimum Gasteiger partial charge on any atom is -0.357 e. The van der Waals surface area contributed by atoms with Gasteiger partial charge in [-0.1, -0.05) is 30.7 Å². The molecule has 7 heteroatoms. The van der Waals surface area contributed by atoms with Crippen molar-refractivity contribution in [2.45, 2.75) is 52.0 Å². The van der Waals surface area contributed by atoms with Crippen LogP contribution in [0.4, 0.5) is 0 Å². The Morgan fingerprint density at radius 2 is 1.90 bits per heavy atom. The molecule has 3 rings (SSSR count). The van der Waals surface area contributed by atoms with Crippen LogP contribution in [0.2, 0.25) is 0 Å². The number of hydrogen-bond donors (Lipinski definition) is 2. The van der Waals surface area contributed by atoms with Gasteiger partial charge in [0.05, 0.1) is 0 Å². The lowest BCUT2D eigenvalue weighted by atomic mass is 10.00. The number of amides is 2. The number of carbonyl (C=O) groups excluding carboxylic acids is 2. The van der Waals surface area contributed by atoms with Crippen LogP contribution >= 0.6 is 0 Å². The molecule has 2 aliphatic rings. The van der Waals surface area contributed by atoms with E-state index in [4.69, 9.17) is 0 Å². The number of nitrogens with one attached hydrogen (secondary N) is 2. The Bertz CT molecular complexity index is 749. The van der Waals surface area contributed by atoms with Crippen LogP contribution in [0.25, 0.3) is 0 Å². The van der Waals surface area contributed by atoms with Crippen molar-refractivity contribution in [2.24, 2.45) is 4.99 Å². The van der Waals surface area contributed by atoms with Gasteiger partial charge in [-0.2, -0.15) is 0 Å². The summed E-state index contributed by atoms with van der Waals surface area (Å²) >= 11 is 0. The summed E-state index contributed by atoms with van der Waals surface area (Å²) < 4.78 is 0. The first-order valence-corrected chi connectivity index (χ1v) is 11.3. The van der Waals surface area contributed by atoms with E-state index in [0.717, 1.165) is 64.8 Å². The molecule has 30 heavy (non-hydrogen) atoms. The molecule has 1 fully saturated rings. The van der Waals surface area contributed by atoms with Crippen molar-refractivity contribution in [3.63, 3.8) is 0 Å². The largest absolute Gasteiger partial charge is 0.357 e. The molecule has 0 radical (unpaired) electrons. The third-order valence-electron chi connectivity index (χ3n) is 5.77. The van der Waals surface area contributed by atoms with Crippen LogP contribution < -0.4 is 10.6 Å². The molecule has 0 bridgehead atoms. The molecule has 0 saturated carbocycles. The maximum absolute atomic E-state index is 12.6. The molecular formula is C23H35N5O2. The summed E-state index contributed by atoms with van der Waals surface area (Å²) in [5.74, 6) is 0.990. The summed E-state index contributed by atoms with van der Waals surface area (Å²) in [6.07, 6.45) is 5.72. The molecule has 2 aliphatic heterocycles. The van der Waals surface area contributed by atoms with E-state index in [1.165, 1.54) is 11.1 Å². The molecule has 0 aromatic heterocycles. The van der Waals surface area contributed by atoms with E-state index in [1.807, 2.05) is 22.8 Å². The Kier molecular flexibility index (Phi) is 8.53. The summed E-state index contributed by atoms with van der Waals surface area (Å²) in [5.41, 5.74) is 2.57. The minimum absolute atomic E-state index is 0.0527. The molecule has 0 spiro atoms. The first-order chi connectivity index (χ1) is 14.7. The molecule has 2 amide bonds. The van der Waals surface area contributed by atoms with E-state index in [0.29, 0.717) is 18.9 Å². The second-order valence-electron chi connectivity index (χ2n) is 8.00. The Hall–Kier alpha value is -2.57. The van der Waals surface area contributed by atoms with Crippen LogP contribution in [0, 0.1) is 0 Å². The molecule has 0 atom stereocenters. The van der Waals surface area contributed by atoms with Gasteiger partial charge in [0.1, 0.15) is 6.54 Å². The van der Waals surface area contributed by atoms with E-state index >= 15 is 0 Å². The number of hydrogen-bond acceptors (Lipinski definition) is 3. The second kappa shape index (κ2) is 11.6. The summed E-state index contributed by atoms with van der Waals surface area (Å²) in [4.78, 5) is 33.1. The van der Waals surface area contributed by atoms with Crippen molar-refractivity contribution in [1.29, 1.82) is 0 Å². The number of rotatable bonds is 7. The van der Waals surface area contributed by atoms with Gasteiger partial charge in [0, 0.05) is 45.7 Å². The highest BCUT2D eigenvalue weighted by molar-refractivity contribution is 5.85. The van der Waals surface area contributed by atoms with Crippen molar-refractivity contribution in [3.05, 3.63) is 35.4 Å².